The zero-order valence-corrected chi connectivity index (χ0v) is 13.1. The molecule has 0 radical (unpaired) electrons. The summed E-state index contributed by atoms with van der Waals surface area (Å²) in [7, 11) is -3.71. The summed E-state index contributed by atoms with van der Waals surface area (Å²) in [6.45, 7) is 1.76. The van der Waals surface area contributed by atoms with Crippen LogP contribution in [-0.2, 0) is 10.0 Å². The molecule has 1 aromatic carbocycles. The molecule has 0 atom stereocenters. The fourth-order valence-electron chi connectivity index (χ4n) is 1.50. The predicted octanol–water partition coefficient (Wildman–Crippen LogP) is 3.61. The van der Waals surface area contributed by atoms with E-state index in [1.54, 1.807) is 31.2 Å². The van der Waals surface area contributed by atoms with Crippen molar-refractivity contribution >= 4 is 43.2 Å². The van der Waals surface area contributed by atoms with Crippen molar-refractivity contribution < 1.29 is 8.42 Å². The number of nitrogens with one attached hydrogen (secondary N) is 1. The molecule has 0 aliphatic carbocycles. The fraction of sp³-hybridized carbons (Fsp3) is 0.0833. The lowest BCUT2D eigenvalue weighted by atomic mass is 10.3. The summed E-state index contributed by atoms with van der Waals surface area (Å²) in [5.41, 5.74) is 0.996. The zero-order valence-electron chi connectivity index (χ0n) is 9.89. The van der Waals surface area contributed by atoms with E-state index in [0.29, 0.717) is 15.7 Å². The molecular formula is C12H10BrClN2O2S. The number of aromatic nitrogens is 1. The van der Waals surface area contributed by atoms with Gasteiger partial charge in [0.1, 0.15) is 4.90 Å². The van der Waals surface area contributed by atoms with Crippen molar-refractivity contribution in [2.24, 2.45) is 0 Å². The Balaban J connectivity index is 2.46. The van der Waals surface area contributed by atoms with Gasteiger partial charge in [-0.05, 0) is 46.6 Å². The molecule has 100 valence electrons. The minimum Gasteiger partial charge on any atom is -0.276 e. The Labute approximate surface area is 125 Å². The first-order valence-electron chi connectivity index (χ1n) is 5.30. The molecule has 7 heteroatoms. The summed E-state index contributed by atoms with van der Waals surface area (Å²) in [6, 6.07) is 8.24. The second-order valence-electron chi connectivity index (χ2n) is 3.83. The molecule has 0 amide bonds. The van der Waals surface area contributed by atoms with Gasteiger partial charge >= 0.3 is 0 Å². The molecule has 0 spiro atoms. The van der Waals surface area contributed by atoms with E-state index in [-0.39, 0.29) is 10.0 Å². The SMILES string of the molecule is Cc1ccnc(Cl)c1NS(=O)(=O)c1ccccc1Br. The molecule has 19 heavy (non-hydrogen) atoms. The van der Waals surface area contributed by atoms with Crippen molar-refractivity contribution in [3.8, 4) is 0 Å². The van der Waals surface area contributed by atoms with E-state index in [1.807, 2.05) is 0 Å². The summed E-state index contributed by atoms with van der Waals surface area (Å²) in [6.07, 6.45) is 1.52. The monoisotopic (exact) mass is 360 g/mol. The maximum absolute atomic E-state index is 12.3. The molecule has 0 saturated heterocycles. The van der Waals surface area contributed by atoms with Gasteiger partial charge in [0.2, 0.25) is 0 Å². The van der Waals surface area contributed by atoms with Gasteiger partial charge in [0.25, 0.3) is 10.0 Å². The number of nitrogens with zero attached hydrogens (tertiary/aromatic N) is 1. The molecule has 0 aliphatic rings. The molecule has 2 rings (SSSR count). The van der Waals surface area contributed by atoms with Crippen molar-refractivity contribution in [1.82, 2.24) is 4.98 Å². The highest BCUT2D eigenvalue weighted by Crippen LogP contribution is 2.28. The highest BCUT2D eigenvalue weighted by molar-refractivity contribution is 9.10. The summed E-state index contributed by atoms with van der Waals surface area (Å²) in [4.78, 5) is 4.01. The zero-order chi connectivity index (χ0) is 14.0. The summed E-state index contributed by atoms with van der Waals surface area (Å²) >= 11 is 9.13. The lowest BCUT2D eigenvalue weighted by Crippen LogP contribution is -2.15. The average Bonchev–Trinajstić information content (AvgIpc) is 2.34. The van der Waals surface area contributed by atoms with Gasteiger partial charge in [0.15, 0.2) is 5.15 Å². The fourth-order valence-corrected chi connectivity index (χ4v) is 3.95. The van der Waals surface area contributed by atoms with Gasteiger partial charge in [0, 0.05) is 10.7 Å². The van der Waals surface area contributed by atoms with E-state index in [4.69, 9.17) is 11.6 Å². The van der Waals surface area contributed by atoms with Crippen LogP contribution in [0, 0.1) is 6.92 Å². The molecule has 0 fully saturated rings. The number of halogens is 2. The van der Waals surface area contributed by atoms with Crippen LogP contribution in [0.2, 0.25) is 5.15 Å². The molecule has 0 bridgehead atoms. The molecule has 4 nitrogen and oxygen atoms in total. The average molecular weight is 362 g/mol. The van der Waals surface area contributed by atoms with Gasteiger partial charge < -0.3 is 0 Å². The quantitative estimate of drug-likeness (QED) is 0.850. The number of benzene rings is 1. The van der Waals surface area contributed by atoms with Crippen LogP contribution in [-0.4, -0.2) is 13.4 Å². The van der Waals surface area contributed by atoms with Crippen LogP contribution in [0.3, 0.4) is 0 Å². The van der Waals surface area contributed by atoms with Crippen molar-refractivity contribution in [2.75, 3.05) is 4.72 Å². The number of hydrogen-bond acceptors (Lipinski definition) is 3. The van der Waals surface area contributed by atoms with Crippen LogP contribution in [0.25, 0.3) is 0 Å². The van der Waals surface area contributed by atoms with E-state index in [1.165, 1.54) is 12.3 Å². The Morgan fingerprint density at radius 1 is 1.26 bits per heavy atom. The maximum atomic E-state index is 12.3. The lowest BCUT2D eigenvalue weighted by molar-refractivity contribution is 0.600. The second-order valence-corrected chi connectivity index (χ2v) is 6.69. The van der Waals surface area contributed by atoms with Gasteiger partial charge in [0.05, 0.1) is 5.69 Å². The van der Waals surface area contributed by atoms with Crippen LogP contribution in [0.5, 0.6) is 0 Å². The molecule has 0 unspecified atom stereocenters. The van der Waals surface area contributed by atoms with E-state index < -0.39 is 10.0 Å². The van der Waals surface area contributed by atoms with Crippen molar-refractivity contribution in [2.45, 2.75) is 11.8 Å². The largest absolute Gasteiger partial charge is 0.276 e. The minimum atomic E-state index is -3.71. The topological polar surface area (TPSA) is 59.1 Å². The molecule has 2 aromatic rings. The Morgan fingerprint density at radius 2 is 1.95 bits per heavy atom. The van der Waals surface area contributed by atoms with Gasteiger partial charge in [-0.2, -0.15) is 0 Å². The minimum absolute atomic E-state index is 0.121. The maximum Gasteiger partial charge on any atom is 0.263 e. The van der Waals surface area contributed by atoms with Crippen molar-refractivity contribution in [3.63, 3.8) is 0 Å². The molecule has 1 heterocycles. The van der Waals surface area contributed by atoms with Crippen LogP contribution in [0.4, 0.5) is 5.69 Å². The van der Waals surface area contributed by atoms with E-state index in [2.05, 4.69) is 25.6 Å². The highest BCUT2D eigenvalue weighted by Gasteiger charge is 2.19. The van der Waals surface area contributed by atoms with Crippen LogP contribution in [0.1, 0.15) is 5.56 Å². The van der Waals surface area contributed by atoms with Gasteiger partial charge in [-0.3, -0.25) is 4.72 Å². The lowest BCUT2D eigenvalue weighted by Gasteiger charge is -2.12. The first-order valence-corrected chi connectivity index (χ1v) is 7.95. The van der Waals surface area contributed by atoms with E-state index in [9.17, 15) is 8.42 Å². The number of hydrogen-bond donors (Lipinski definition) is 1. The summed E-state index contributed by atoms with van der Waals surface area (Å²) in [5.74, 6) is 0. The molecule has 0 saturated carbocycles. The summed E-state index contributed by atoms with van der Waals surface area (Å²) in [5, 5.41) is 0.121. The van der Waals surface area contributed by atoms with Crippen molar-refractivity contribution in [3.05, 3.63) is 51.7 Å². The van der Waals surface area contributed by atoms with E-state index in [0.717, 1.165) is 0 Å². The number of anilines is 1. The first kappa shape index (κ1) is 14.3. The molecule has 1 N–H and O–H groups in total. The highest BCUT2D eigenvalue weighted by atomic mass is 79.9. The third-order valence-corrected chi connectivity index (χ3v) is 5.12. The smallest absolute Gasteiger partial charge is 0.263 e. The predicted molar refractivity (Wildman–Crippen MR) is 78.9 cm³/mol. The third-order valence-electron chi connectivity index (χ3n) is 2.48. The van der Waals surface area contributed by atoms with Crippen LogP contribution in [0.15, 0.2) is 45.9 Å². The normalized spacial score (nSPS) is 11.3. The second kappa shape index (κ2) is 5.48. The molecular weight excluding hydrogens is 352 g/mol. The number of pyridine rings is 1. The molecule has 0 aliphatic heterocycles. The van der Waals surface area contributed by atoms with Gasteiger partial charge in [-0.15, -0.1) is 0 Å². The van der Waals surface area contributed by atoms with E-state index >= 15 is 0 Å². The summed E-state index contributed by atoms with van der Waals surface area (Å²) < 4.78 is 27.5. The Bertz CT molecular complexity index is 699. The molecule has 1 aromatic heterocycles. The Morgan fingerprint density at radius 3 is 2.58 bits per heavy atom. The first-order chi connectivity index (χ1) is 8.92. The van der Waals surface area contributed by atoms with Crippen LogP contribution < -0.4 is 4.72 Å². The van der Waals surface area contributed by atoms with Crippen molar-refractivity contribution in [1.29, 1.82) is 0 Å². The standard InChI is InChI=1S/C12H10BrClN2O2S/c1-8-6-7-15-12(14)11(8)16-19(17,18)10-5-3-2-4-9(10)13/h2-7,16H,1H3. The third kappa shape index (κ3) is 3.08. The number of rotatable bonds is 3. The Hall–Kier alpha value is -1.11. The van der Waals surface area contributed by atoms with Gasteiger partial charge in [-0.1, -0.05) is 23.7 Å². The number of sulfonamides is 1. The Kier molecular flexibility index (Phi) is 4.13. The van der Waals surface area contributed by atoms with Gasteiger partial charge in [-0.25, -0.2) is 13.4 Å². The number of aryl methyl sites for hydroxylation is 1. The van der Waals surface area contributed by atoms with Crippen LogP contribution >= 0.6 is 27.5 Å².